The highest BCUT2D eigenvalue weighted by atomic mass is 32.1. The molecule has 2 atom stereocenters. The van der Waals surface area contributed by atoms with E-state index in [0.29, 0.717) is 51.2 Å². The quantitative estimate of drug-likeness (QED) is 0.332. The van der Waals surface area contributed by atoms with Crippen LogP contribution in [-0.4, -0.2) is 54.7 Å². The van der Waals surface area contributed by atoms with E-state index in [1.807, 2.05) is 0 Å². The molecule has 2 fully saturated rings. The molecule has 174 valence electrons. The number of fused-ring (bicyclic) bond motifs is 3. The van der Waals surface area contributed by atoms with Crippen LogP contribution in [0.25, 0.3) is 21.0 Å². The average molecular weight is 481 g/mol. The first-order valence-corrected chi connectivity index (χ1v) is 11.5. The van der Waals surface area contributed by atoms with Crippen LogP contribution in [0.2, 0.25) is 0 Å². The van der Waals surface area contributed by atoms with Crippen LogP contribution in [0, 0.1) is 0 Å². The van der Waals surface area contributed by atoms with Crippen molar-refractivity contribution in [3.05, 3.63) is 52.2 Å². The Bertz CT molecular complexity index is 1510. The fourth-order valence-corrected chi connectivity index (χ4v) is 5.06. The molecule has 4 aromatic rings. The second-order valence-electron chi connectivity index (χ2n) is 8.49. The Morgan fingerprint density at radius 2 is 2.06 bits per heavy atom. The van der Waals surface area contributed by atoms with Crippen LogP contribution in [0.5, 0.6) is 0 Å². The highest BCUT2D eigenvalue weighted by Crippen LogP contribution is 2.44. The molecule has 0 spiro atoms. The lowest BCUT2D eigenvalue weighted by molar-refractivity contribution is -0.143. The molecule has 5 N–H and O–H groups in total. The number of aromatic amines is 1. The lowest BCUT2D eigenvalue weighted by Crippen LogP contribution is -2.51. The van der Waals surface area contributed by atoms with Gasteiger partial charge in [-0.1, -0.05) is 6.07 Å². The second kappa shape index (κ2) is 7.53. The van der Waals surface area contributed by atoms with Gasteiger partial charge in [-0.2, -0.15) is 4.37 Å². The number of H-pyrrole nitrogens is 1. The van der Waals surface area contributed by atoms with Crippen molar-refractivity contribution in [1.29, 1.82) is 0 Å². The summed E-state index contributed by atoms with van der Waals surface area (Å²) < 4.78 is 10.3. The number of amides is 1. The van der Waals surface area contributed by atoms with Gasteiger partial charge in [0.05, 0.1) is 34.4 Å². The van der Waals surface area contributed by atoms with Crippen LogP contribution in [0.15, 0.2) is 35.1 Å². The number of aliphatic hydroxyl groups is 2. The van der Waals surface area contributed by atoms with E-state index in [0.717, 1.165) is 11.5 Å². The van der Waals surface area contributed by atoms with Gasteiger partial charge in [-0.05, 0) is 48.6 Å². The molecule has 1 aromatic carbocycles. The first-order chi connectivity index (χ1) is 16.4. The maximum Gasteiger partial charge on any atom is 0.260 e. The van der Waals surface area contributed by atoms with Crippen molar-refractivity contribution in [3.63, 3.8) is 0 Å². The molecule has 1 aliphatic heterocycles. The van der Waals surface area contributed by atoms with E-state index in [1.165, 1.54) is 4.90 Å². The molecule has 34 heavy (non-hydrogen) atoms. The first kappa shape index (κ1) is 21.1. The summed E-state index contributed by atoms with van der Waals surface area (Å²) in [6.45, 7) is 0.394. The van der Waals surface area contributed by atoms with Crippen LogP contribution in [0.3, 0.4) is 0 Å². The molecule has 1 aliphatic carbocycles. The summed E-state index contributed by atoms with van der Waals surface area (Å²) in [5.74, 6) is 0.106. The number of carbonyl (C=O) groups excluding carboxylic acids is 1. The minimum atomic E-state index is -1.51. The topological polar surface area (TPSA) is 168 Å². The zero-order chi connectivity index (χ0) is 23.6. The molecule has 0 bridgehead atoms. The molecule has 1 saturated heterocycles. The van der Waals surface area contributed by atoms with Crippen molar-refractivity contribution in [1.82, 2.24) is 19.3 Å². The van der Waals surface area contributed by atoms with Crippen molar-refractivity contribution < 1.29 is 19.7 Å². The van der Waals surface area contributed by atoms with Gasteiger partial charge >= 0.3 is 0 Å². The molecule has 1 amide bonds. The molecular weight excluding hydrogens is 460 g/mol. The lowest BCUT2D eigenvalue weighted by Gasteiger charge is -2.33. The van der Waals surface area contributed by atoms with Crippen LogP contribution >= 0.6 is 11.5 Å². The van der Waals surface area contributed by atoms with E-state index in [-0.39, 0.29) is 19.0 Å². The Morgan fingerprint density at radius 1 is 1.24 bits per heavy atom. The van der Waals surface area contributed by atoms with Gasteiger partial charge in [0, 0.05) is 5.39 Å². The third-order valence-electron chi connectivity index (χ3n) is 6.26. The predicted octanol–water partition coefficient (Wildman–Crippen LogP) is 0.957. The summed E-state index contributed by atoms with van der Waals surface area (Å²) in [5, 5.41) is 22.3. The molecule has 0 radical (unpaired) electrons. The monoisotopic (exact) mass is 480 g/mol. The highest BCUT2D eigenvalue weighted by Gasteiger charge is 2.44. The van der Waals surface area contributed by atoms with Crippen LogP contribution in [0.4, 0.5) is 11.6 Å². The van der Waals surface area contributed by atoms with Gasteiger partial charge in [-0.15, -0.1) is 0 Å². The maximum atomic E-state index is 13.2. The van der Waals surface area contributed by atoms with E-state index < -0.39 is 29.3 Å². The Hall–Kier alpha value is -3.45. The summed E-state index contributed by atoms with van der Waals surface area (Å²) in [4.78, 5) is 39.0. The number of nitrogens with zero attached hydrogens (tertiary/aromatic N) is 4. The number of nitrogens with one attached hydrogen (secondary N) is 1. The standard InChI is InChI=1S/C22H20N6O5S/c23-18-10-4-5-11-14(17(10)34-27-18)20(30)26-19(24-11)15(29)16-21(31)28(8-9-33-16)13-3-1-2-12(25-13)22(32)6-7-22/h1-5,15-16,29,32H,6-9H2,(H2,23,27)(H,24,26,30)/t15-,16-/m1/s1. The Balaban J connectivity index is 1.33. The zero-order valence-corrected chi connectivity index (χ0v) is 18.6. The van der Waals surface area contributed by atoms with Crippen LogP contribution < -0.4 is 16.2 Å². The Kier molecular flexibility index (Phi) is 4.68. The maximum absolute atomic E-state index is 13.2. The summed E-state index contributed by atoms with van der Waals surface area (Å²) in [6.07, 6.45) is -1.54. The third kappa shape index (κ3) is 3.26. The number of nitrogen functional groups attached to an aromatic ring is 1. The number of hydrogen-bond donors (Lipinski definition) is 4. The molecule has 1 saturated carbocycles. The van der Waals surface area contributed by atoms with Crippen LogP contribution in [-0.2, 0) is 15.1 Å². The van der Waals surface area contributed by atoms with Gasteiger partial charge in [-0.3, -0.25) is 14.5 Å². The number of pyridine rings is 1. The molecule has 6 rings (SSSR count). The summed E-state index contributed by atoms with van der Waals surface area (Å²) in [5.41, 5.74) is 5.30. The molecule has 2 aliphatic rings. The number of nitrogens with two attached hydrogens (primary N) is 1. The molecular formula is C22H20N6O5S. The summed E-state index contributed by atoms with van der Waals surface area (Å²) in [7, 11) is 0. The Morgan fingerprint density at radius 3 is 2.85 bits per heavy atom. The lowest BCUT2D eigenvalue weighted by atomic mass is 10.1. The summed E-state index contributed by atoms with van der Waals surface area (Å²) >= 11 is 1.10. The molecule has 12 heteroatoms. The predicted molar refractivity (Wildman–Crippen MR) is 124 cm³/mol. The van der Waals surface area contributed by atoms with E-state index >= 15 is 0 Å². The number of anilines is 2. The molecule has 11 nitrogen and oxygen atoms in total. The van der Waals surface area contributed by atoms with Gasteiger partial charge in [0.2, 0.25) is 0 Å². The normalized spacial score (nSPS) is 20.7. The highest BCUT2D eigenvalue weighted by molar-refractivity contribution is 7.14. The Labute approximate surface area is 196 Å². The zero-order valence-electron chi connectivity index (χ0n) is 17.8. The fourth-order valence-electron chi connectivity index (χ4n) is 4.21. The van der Waals surface area contributed by atoms with Crippen molar-refractivity contribution in [2.24, 2.45) is 0 Å². The van der Waals surface area contributed by atoms with Gasteiger partial charge in [0.1, 0.15) is 29.2 Å². The van der Waals surface area contributed by atoms with Crippen LogP contribution in [0.1, 0.15) is 30.5 Å². The van der Waals surface area contributed by atoms with Gasteiger partial charge < -0.3 is 25.7 Å². The number of aliphatic hydroxyl groups excluding tert-OH is 1. The number of benzene rings is 1. The minimum absolute atomic E-state index is 0.0801. The van der Waals surface area contributed by atoms with E-state index in [4.69, 9.17) is 10.5 Å². The van der Waals surface area contributed by atoms with Gasteiger partial charge in [-0.25, -0.2) is 9.97 Å². The molecule has 3 aromatic heterocycles. The fraction of sp³-hybridized carbons (Fsp3) is 0.318. The number of ether oxygens (including phenoxy) is 1. The van der Waals surface area contributed by atoms with E-state index in [9.17, 15) is 19.8 Å². The van der Waals surface area contributed by atoms with Gasteiger partial charge in [0.15, 0.2) is 6.10 Å². The second-order valence-corrected chi connectivity index (χ2v) is 9.27. The molecule has 4 heterocycles. The number of aromatic nitrogens is 4. The first-order valence-electron chi connectivity index (χ1n) is 10.7. The SMILES string of the molecule is Nc1nsc2c1ccc1nc([C@H](O)[C@H]3OCCN(c4cccc(C5(O)CC5)n4)C3=O)[nH]c(=O)c12. The third-order valence-corrected chi connectivity index (χ3v) is 7.15. The smallest absolute Gasteiger partial charge is 0.260 e. The van der Waals surface area contributed by atoms with Crippen molar-refractivity contribution >= 4 is 50.1 Å². The van der Waals surface area contributed by atoms with Crippen molar-refractivity contribution in [2.45, 2.75) is 30.7 Å². The minimum Gasteiger partial charge on any atom is -0.384 e. The number of rotatable bonds is 4. The molecule has 0 unspecified atom stereocenters. The average Bonchev–Trinajstić information content (AvgIpc) is 3.49. The van der Waals surface area contributed by atoms with E-state index in [2.05, 4.69) is 19.3 Å². The van der Waals surface area contributed by atoms with Crippen molar-refractivity contribution in [2.75, 3.05) is 23.8 Å². The van der Waals surface area contributed by atoms with E-state index in [1.54, 1.807) is 30.3 Å². The summed E-state index contributed by atoms with van der Waals surface area (Å²) in [6, 6.07) is 8.48. The van der Waals surface area contributed by atoms with Crippen molar-refractivity contribution in [3.8, 4) is 0 Å². The van der Waals surface area contributed by atoms with Gasteiger partial charge in [0.25, 0.3) is 11.5 Å². The number of morpholine rings is 1. The number of carbonyl (C=O) groups is 1. The number of hydrogen-bond acceptors (Lipinski definition) is 10. The largest absolute Gasteiger partial charge is 0.384 e.